The van der Waals surface area contributed by atoms with E-state index in [1.807, 2.05) is 29.2 Å². The highest BCUT2D eigenvalue weighted by Gasteiger charge is 2.35. The first kappa shape index (κ1) is 15.8. The third kappa shape index (κ3) is 4.23. The molecule has 3 rings (SSSR count). The average Bonchev–Trinajstić information content (AvgIpc) is 3.30. The van der Waals surface area contributed by atoms with Gasteiger partial charge in [-0.15, -0.1) is 0 Å². The lowest BCUT2D eigenvalue weighted by Crippen LogP contribution is -2.43. The summed E-state index contributed by atoms with van der Waals surface area (Å²) in [5.41, 5.74) is 1.91. The van der Waals surface area contributed by atoms with E-state index in [2.05, 4.69) is 23.2 Å². The van der Waals surface area contributed by atoms with Gasteiger partial charge in [-0.25, -0.2) is 4.79 Å². The molecule has 1 aliphatic heterocycles. The number of carbonyl (C=O) groups excluding carboxylic acids is 1. The zero-order valence-corrected chi connectivity index (χ0v) is 13.7. The summed E-state index contributed by atoms with van der Waals surface area (Å²) in [7, 11) is 0. The number of carbonyl (C=O) groups is 1. The molecule has 122 valence electrons. The third-order valence-corrected chi connectivity index (χ3v) is 4.78. The molecule has 1 heterocycles. The monoisotopic (exact) mass is 312 g/mol. The Morgan fingerprint density at radius 3 is 2.65 bits per heavy atom. The Hall–Kier alpha value is -2.06. The minimum Gasteiger partial charge on any atom is -0.335 e. The number of rotatable bonds is 3. The Kier molecular flexibility index (Phi) is 4.82. The molecule has 0 unspecified atom stereocenters. The molecule has 2 amide bonds. The molecule has 1 aromatic rings. The van der Waals surface area contributed by atoms with Gasteiger partial charge in [0, 0.05) is 38.8 Å². The molecule has 23 heavy (non-hydrogen) atoms. The molecule has 1 saturated carbocycles. The summed E-state index contributed by atoms with van der Waals surface area (Å²) in [5, 5.41) is 12.0. The Morgan fingerprint density at radius 1 is 1.26 bits per heavy atom. The molecule has 2 aliphatic rings. The summed E-state index contributed by atoms with van der Waals surface area (Å²) in [4.78, 5) is 16.6. The average molecular weight is 312 g/mol. The third-order valence-electron chi connectivity index (χ3n) is 4.78. The van der Waals surface area contributed by atoms with E-state index < -0.39 is 0 Å². The second-order valence-electron chi connectivity index (χ2n) is 6.69. The summed E-state index contributed by atoms with van der Waals surface area (Å²) in [5.74, 6) is 0.638. The highest BCUT2D eigenvalue weighted by Crippen LogP contribution is 2.29. The first-order chi connectivity index (χ1) is 11.2. The largest absolute Gasteiger partial charge is 0.335 e. The number of benzene rings is 1. The first-order valence-corrected chi connectivity index (χ1v) is 8.42. The topological polar surface area (TPSA) is 59.4 Å². The van der Waals surface area contributed by atoms with Crippen molar-refractivity contribution in [2.45, 2.75) is 32.4 Å². The normalized spacial score (nSPS) is 24.6. The summed E-state index contributed by atoms with van der Waals surface area (Å²) in [6.45, 7) is 6.56. The van der Waals surface area contributed by atoms with Crippen molar-refractivity contribution in [1.29, 1.82) is 5.26 Å². The lowest BCUT2D eigenvalue weighted by atomic mass is 10.1. The standard InChI is InChI=1S/C18H24N4O/c1-14-11-17(14)20-18(23)22-8-2-7-21(9-10-22)13-16-5-3-15(12-19)4-6-16/h3-6,14,17H,2,7-11,13H2,1H3,(H,20,23)/t14-,17+/m1/s1. The smallest absolute Gasteiger partial charge is 0.317 e. The van der Waals surface area contributed by atoms with E-state index in [0.29, 0.717) is 17.5 Å². The van der Waals surface area contributed by atoms with Crippen LogP contribution in [0.25, 0.3) is 0 Å². The number of hydrogen-bond acceptors (Lipinski definition) is 3. The van der Waals surface area contributed by atoms with Crippen molar-refractivity contribution in [3.8, 4) is 6.07 Å². The van der Waals surface area contributed by atoms with Crippen LogP contribution in [-0.4, -0.2) is 48.1 Å². The van der Waals surface area contributed by atoms with E-state index in [1.165, 1.54) is 5.56 Å². The maximum atomic E-state index is 12.2. The van der Waals surface area contributed by atoms with Crippen molar-refractivity contribution in [2.75, 3.05) is 26.2 Å². The van der Waals surface area contributed by atoms with E-state index >= 15 is 0 Å². The van der Waals surface area contributed by atoms with Crippen LogP contribution in [-0.2, 0) is 6.54 Å². The maximum absolute atomic E-state index is 12.2. The summed E-state index contributed by atoms with van der Waals surface area (Å²) >= 11 is 0. The lowest BCUT2D eigenvalue weighted by molar-refractivity contribution is 0.197. The van der Waals surface area contributed by atoms with Crippen LogP contribution in [0.15, 0.2) is 24.3 Å². The zero-order valence-electron chi connectivity index (χ0n) is 13.7. The molecule has 0 bridgehead atoms. The Balaban J connectivity index is 1.49. The van der Waals surface area contributed by atoms with E-state index in [4.69, 9.17) is 5.26 Å². The highest BCUT2D eigenvalue weighted by molar-refractivity contribution is 5.75. The van der Waals surface area contributed by atoms with Gasteiger partial charge in [0.1, 0.15) is 0 Å². The summed E-state index contributed by atoms with van der Waals surface area (Å²) in [6.07, 6.45) is 2.12. The molecule has 5 heteroatoms. The molecule has 2 fully saturated rings. The van der Waals surface area contributed by atoms with Gasteiger partial charge < -0.3 is 10.2 Å². The molecule has 1 aliphatic carbocycles. The lowest BCUT2D eigenvalue weighted by Gasteiger charge is -2.22. The number of amides is 2. The van der Waals surface area contributed by atoms with E-state index in [1.54, 1.807) is 0 Å². The van der Waals surface area contributed by atoms with Crippen LogP contribution in [0.3, 0.4) is 0 Å². The van der Waals surface area contributed by atoms with Crippen LogP contribution in [0.4, 0.5) is 4.79 Å². The Morgan fingerprint density at radius 2 is 2.00 bits per heavy atom. The summed E-state index contributed by atoms with van der Waals surface area (Å²) < 4.78 is 0. The molecular formula is C18H24N4O. The van der Waals surface area contributed by atoms with Crippen molar-refractivity contribution in [3.63, 3.8) is 0 Å². The quantitative estimate of drug-likeness (QED) is 0.930. The van der Waals surface area contributed by atoms with Gasteiger partial charge in [0.15, 0.2) is 0 Å². The van der Waals surface area contributed by atoms with Crippen LogP contribution in [0, 0.1) is 17.2 Å². The van der Waals surface area contributed by atoms with E-state index in [9.17, 15) is 4.79 Å². The Bertz CT molecular complexity index is 592. The van der Waals surface area contributed by atoms with Crippen LogP contribution < -0.4 is 5.32 Å². The highest BCUT2D eigenvalue weighted by atomic mass is 16.2. The van der Waals surface area contributed by atoms with Crippen molar-refractivity contribution in [3.05, 3.63) is 35.4 Å². The second kappa shape index (κ2) is 7.01. The second-order valence-corrected chi connectivity index (χ2v) is 6.69. The molecule has 2 atom stereocenters. The van der Waals surface area contributed by atoms with Crippen molar-refractivity contribution in [2.24, 2.45) is 5.92 Å². The molecule has 1 saturated heterocycles. The molecule has 0 spiro atoms. The number of nitrogens with one attached hydrogen (secondary N) is 1. The molecule has 1 aromatic carbocycles. The minimum absolute atomic E-state index is 0.0968. The SMILES string of the molecule is C[C@@H]1C[C@@H]1NC(=O)N1CCCN(Cc2ccc(C#N)cc2)CC1. The molecule has 5 nitrogen and oxygen atoms in total. The predicted molar refractivity (Wildman–Crippen MR) is 88.7 cm³/mol. The first-order valence-electron chi connectivity index (χ1n) is 8.42. The molecule has 0 aromatic heterocycles. The Labute approximate surface area is 137 Å². The van der Waals surface area contributed by atoms with E-state index in [0.717, 1.165) is 45.6 Å². The number of urea groups is 1. The van der Waals surface area contributed by atoms with Gasteiger partial charge in [-0.2, -0.15) is 5.26 Å². The number of nitriles is 1. The maximum Gasteiger partial charge on any atom is 0.317 e. The van der Waals surface area contributed by atoms with Crippen LogP contribution in [0.1, 0.15) is 30.9 Å². The van der Waals surface area contributed by atoms with Gasteiger partial charge in [0.05, 0.1) is 11.6 Å². The predicted octanol–water partition coefficient (Wildman–Crippen LogP) is 2.18. The molecular weight excluding hydrogens is 288 g/mol. The van der Waals surface area contributed by atoms with Crippen LogP contribution in [0.2, 0.25) is 0 Å². The fraction of sp³-hybridized carbons (Fsp3) is 0.556. The van der Waals surface area contributed by atoms with Gasteiger partial charge >= 0.3 is 6.03 Å². The number of hydrogen-bond donors (Lipinski definition) is 1. The van der Waals surface area contributed by atoms with Crippen molar-refractivity contribution < 1.29 is 4.79 Å². The van der Waals surface area contributed by atoms with Gasteiger partial charge in [-0.1, -0.05) is 19.1 Å². The van der Waals surface area contributed by atoms with Crippen LogP contribution in [0.5, 0.6) is 0 Å². The van der Waals surface area contributed by atoms with E-state index in [-0.39, 0.29) is 6.03 Å². The van der Waals surface area contributed by atoms with Gasteiger partial charge in [-0.3, -0.25) is 4.90 Å². The fourth-order valence-electron chi connectivity index (χ4n) is 3.05. The minimum atomic E-state index is 0.0968. The van der Waals surface area contributed by atoms with Crippen LogP contribution >= 0.6 is 0 Å². The van der Waals surface area contributed by atoms with Gasteiger partial charge in [0.2, 0.25) is 0 Å². The number of nitrogens with zero attached hydrogens (tertiary/aromatic N) is 3. The van der Waals surface area contributed by atoms with Crippen molar-refractivity contribution >= 4 is 6.03 Å². The van der Waals surface area contributed by atoms with Gasteiger partial charge in [-0.05, 0) is 36.5 Å². The molecule has 0 radical (unpaired) electrons. The zero-order chi connectivity index (χ0) is 16.2. The molecule has 1 N–H and O–H groups in total. The van der Waals surface area contributed by atoms with Gasteiger partial charge in [0.25, 0.3) is 0 Å². The van der Waals surface area contributed by atoms with Crippen molar-refractivity contribution in [1.82, 2.24) is 15.1 Å². The summed E-state index contributed by atoms with van der Waals surface area (Å²) in [6, 6.07) is 10.4. The fourth-order valence-corrected chi connectivity index (χ4v) is 3.05.